The maximum atomic E-state index is 12.7. The third-order valence-electron chi connectivity index (χ3n) is 4.95. The maximum Gasteiger partial charge on any atom is 0.247 e. The molecule has 1 aromatic carbocycles. The number of hydroxylamine groups is 2. The lowest BCUT2D eigenvalue weighted by atomic mass is 9.83. The average molecular weight is 353 g/mol. The number of sulfone groups is 1. The highest BCUT2D eigenvalue weighted by Gasteiger charge is 2.36. The van der Waals surface area contributed by atoms with Crippen molar-refractivity contribution in [1.29, 1.82) is 0 Å². The van der Waals surface area contributed by atoms with Gasteiger partial charge >= 0.3 is 0 Å². The number of carbonyl (C=O) groups excluding carboxylic acids is 1. The van der Waals surface area contributed by atoms with Gasteiger partial charge in [-0.05, 0) is 50.0 Å². The fourth-order valence-corrected chi connectivity index (χ4v) is 4.20. The van der Waals surface area contributed by atoms with Gasteiger partial charge in [-0.3, -0.25) is 4.79 Å². The molecule has 1 aromatic rings. The minimum absolute atomic E-state index is 0.00559. The molecule has 4 rings (SSSR count). The van der Waals surface area contributed by atoms with Crippen LogP contribution in [0.5, 0.6) is 5.75 Å². The van der Waals surface area contributed by atoms with Crippen molar-refractivity contribution in [3.05, 3.63) is 29.0 Å². The van der Waals surface area contributed by atoms with Crippen LogP contribution in [0.3, 0.4) is 0 Å². The zero-order valence-corrected chi connectivity index (χ0v) is 14.6. The number of rotatable bonds is 4. The van der Waals surface area contributed by atoms with E-state index in [2.05, 4.69) is 4.90 Å². The molecule has 2 bridgehead atoms. The van der Waals surface area contributed by atoms with E-state index in [0.29, 0.717) is 11.6 Å². The summed E-state index contributed by atoms with van der Waals surface area (Å²) >= 11 is 0. The first-order chi connectivity index (χ1) is 11.3. The van der Waals surface area contributed by atoms with Gasteiger partial charge in [-0.15, -0.1) is 0 Å². The summed E-state index contributed by atoms with van der Waals surface area (Å²) in [5.74, 6) is -0.328. The Morgan fingerprint density at radius 3 is 2.50 bits per heavy atom. The topological polar surface area (TPSA) is 90.0 Å². The summed E-state index contributed by atoms with van der Waals surface area (Å²) in [6.45, 7) is 2.51. The van der Waals surface area contributed by atoms with E-state index in [-0.39, 0.29) is 28.2 Å². The highest BCUT2D eigenvalue weighted by molar-refractivity contribution is 7.90. The molecule has 3 heterocycles. The van der Waals surface area contributed by atoms with Gasteiger partial charge in [-0.2, -0.15) is 0 Å². The Balaban J connectivity index is 1.91. The number of nitrogens with zero attached hydrogens (tertiary/aromatic N) is 2. The molecule has 0 radical (unpaired) electrons. The Kier molecular flexibility index (Phi) is 4.54. The van der Waals surface area contributed by atoms with E-state index in [1.165, 1.54) is 25.3 Å². The van der Waals surface area contributed by atoms with Gasteiger partial charge < -0.3 is 19.9 Å². The Morgan fingerprint density at radius 2 is 2.00 bits per heavy atom. The lowest BCUT2D eigenvalue weighted by molar-refractivity contribution is 0.0229. The molecule has 0 saturated carbocycles. The molecule has 0 aromatic heterocycles. The fraction of sp³-hybridized carbons (Fsp3) is 0.562. The molecule has 0 N–H and O–H groups in total. The van der Waals surface area contributed by atoms with Crippen LogP contribution in [0.4, 0.5) is 0 Å². The summed E-state index contributed by atoms with van der Waals surface area (Å²) in [5, 5.41) is 13.2. The number of piperidine rings is 3. The molecule has 3 saturated heterocycles. The number of methoxy groups -OCH3 is 1. The highest BCUT2D eigenvalue weighted by atomic mass is 32.2. The summed E-state index contributed by atoms with van der Waals surface area (Å²) in [5.41, 5.74) is -0.00753. The normalized spacial score (nSPS) is 26.2. The van der Waals surface area contributed by atoms with Crippen LogP contribution in [0.2, 0.25) is 0 Å². The number of ether oxygens (including phenoxy) is 1. The summed E-state index contributed by atoms with van der Waals surface area (Å²) in [6.07, 6.45) is 2.89. The lowest BCUT2D eigenvalue weighted by Crippen LogP contribution is -2.57. The third-order valence-corrected chi connectivity index (χ3v) is 6.06. The Bertz CT molecular complexity index is 741. The van der Waals surface area contributed by atoms with Crippen LogP contribution in [0, 0.1) is 11.1 Å². The molecule has 132 valence electrons. The van der Waals surface area contributed by atoms with Crippen LogP contribution in [0.15, 0.2) is 23.1 Å². The zero-order valence-electron chi connectivity index (χ0n) is 13.8. The van der Waals surface area contributed by atoms with E-state index >= 15 is 0 Å². The van der Waals surface area contributed by atoms with E-state index in [1.807, 2.05) is 0 Å². The van der Waals surface area contributed by atoms with Gasteiger partial charge in [-0.25, -0.2) is 8.42 Å². The zero-order chi connectivity index (χ0) is 17.5. The molecular formula is C16H21N2O5S-. The number of carbonyl (C=O) groups is 1. The van der Waals surface area contributed by atoms with Crippen molar-refractivity contribution in [1.82, 2.24) is 9.96 Å². The van der Waals surface area contributed by atoms with E-state index in [9.17, 15) is 18.4 Å². The van der Waals surface area contributed by atoms with Crippen molar-refractivity contribution in [2.75, 3.05) is 33.0 Å². The summed E-state index contributed by atoms with van der Waals surface area (Å²) in [6, 6.07) is 3.62. The van der Waals surface area contributed by atoms with Crippen LogP contribution in [-0.2, 0) is 9.84 Å². The maximum absolute atomic E-state index is 12.7. The molecule has 8 heteroatoms. The van der Waals surface area contributed by atoms with Crippen molar-refractivity contribution < 1.29 is 17.9 Å². The van der Waals surface area contributed by atoms with Crippen LogP contribution >= 0.6 is 0 Å². The van der Waals surface area contributed by atoms with Gasteiger partial charge in [-0.1, -0.05) is 0 Å². The highest BCUT2D eigenvalue weighted by Crippen LogP contribution is 2.32. The number of amides is 1. The second-order valence-corrected chi connectivity index (χ2v) is 8.49. The van der Waals surface area contributed by atoms with E-state index in [1.54, 1.807) is 0 Å². The minimum Gasteiger partial charge on any atom is -0.756 e. The van der Waals surface area contributed by atoms with Crippen LogP contribution in [-0.4, -0.2) is 63.3 Å². The van der Waals surface area contributed by atoms with Crippen molar-refractivity contribution in [2.45, 2.75) is 23.8 Å². The van der Waals surface area contributed by atoms with E-state index < -0.39 is 15.7 Å². The monoisotopic (exact) mass is 353 g/mol. The summed E-state index contributed by atoms with van der Waals surface area (Å²) in [4.78, 5) is 14.9. The third kappa shape index (κ3) is 3.13. The second-order valence-electron chi connectivity index (χ2n) is 6.47. The van der Waals surface area contributed by atoms with Gasteiger partial charge in [0.05, 0.1) is 17.6 Å². The molecule has 0 aliphatic carbocycles. The quantitative estimate of drug-likeness (QED) is 0.754. The Hall–Kier alpha value is -1.64. The molecule has 24 heavy (non-hydrogen) atoms. The molecule has 3 aliphatic rings. The smallest absolute Gasteiger partial charge is 0.247 e. The lowest BCUT2D eigenvalue weighted by Gasteiger charge is -2.51. The van der Waals surface area contributed by atoms with Crippen LogP contribution < -0.4 is 4.74 Å². The van der Waals surface area contributed by atoms with Gasteiger partial charge in [0.1, 0.15) is 5.75 Å². The standard InChI is InChI=1S/C16H21N2O5S/c1-23-15-4-3-12(24(2,21)22)9-13(15)16(19)18(20)14-10-17-7-5-11(14)6-8-17/h3-4,9,11,14H,5-8,10H2,1-2H3/q-1. The molecule has 3 aliphatic heterocycles. The number of hydrogen-bond donors (Lipinski definition) is 0. The van der Waals surface area contributed by atoms with Crippen LogP contribution in [0.25, 0.3) is 0 Å². The molecule has 1 atom stereocenters. The first-order valence-electron chi connectivity index (χ1n) is 7.92. The van der Waals surface area contributed by atoms with Crippen molar-refractivity contribution in [3.8, 4) is 5.75 Å². The van der Waals surface area contributed by atoms with Crippen molar-refractivity contribution in [2.24, 2.45) is 5.92 Å². The van der Waals surface area contributed by atoms with Crippen LogP contribution in [0.1, 0.15) is 23.2 Å². The molecule has 7 nitrogen and oxygen atoms in total. The van der Waals surface area contributed by atoms with Crippen molar-refractivity contribution in [3.63, 3.8) is 0 Å². The molecule has 0 spiro atoms. The minimum atomic E-state index is -3.48. The summed E-state index contributed by atoms with van der Waals surface area (Å²) in [7, 11) is -2.09. The SMILES string of the molecule is COc1ccc(S(C)(=O)=O)cc1C(=O)N([O-])C1CN2CCC1CC2. The predicted octanol–water partition coefficient (Wildman–Crippen LogP) is 1.13. The second kappa shape index (κ2) is 6.34. The largest absolute Gasteiger partial charge is 0.756 e. The van der Waals surface area contributed by atoms with Gasteiger partial charge in [0, 0.05) is 18.8 Å². The van der Waals surface area contributed by atoms with E-state index in [0.717, 1.165) is 32.2 Å². The van der Waals surface area contributed by atoms with Crippen molar-refractivity contribution >= 4 is 15.7 Å². The Morgan fingerprint density at radius 1 is 1.33 bits per heavy atom. The van der Waals surface area contributed by atoms with Gasteiger partial charge in [0.15, 0.2) is 9.84 Å². The Labute approximate surface area is 141 Å². The molecule has 3 fully saturated rings. The predicted molar refractivity (Wildman–Crippen MR) is 88.6 cm³/mol. The molecule has 1 amide bonds. The molecule has 1 unspecified atom stereocenters. The first-order valence-corrected chi connectivity index (χ1v) is 9.81. The first kappa shape index (κ1) is 17.2. The number of hydrogen-bond acceptors (Lipinski definition) is 6. The fourth-order valence-electron chi connectivity index (χ4n) is 3.55. The number of benzene rings is 1. The van der Waals surface area contributed by atoms with Gasteiger partial charge in [0.25, 0.3) is 0 Å². The molecular weight excluding hydrogens is 332 g/mol. The number of fused-ring (bicyclic) bond motifs is 3. The summed E-state index contributed by atoms with van der Waals surface area (Å²) < 4.78 is 28.6. The van der Waals surface area contributed by atoms with E-state index in [4.69, 9.17) is 4.74 Å². The van der Waals surface area contributed by atoms with Gasteiger partial charge in [0.2, 0.25) is 5.91 Å². The average Bonchev–Trinajstić information content (AvgIpc) is 2.60.